The highest BCUT2D eigenvalue weighted by atomic mass is 32.1. The summed E-state index contributed by atoms with van der Waals surface area (Å²) in [6.07, 6.45) is 6.30. The first-order valence-corrected chi connectivity index (χ1v) is 8.20. The summed E-state index contributed by atoms with van der Waals surface area (Å²) < 4.78 is 0. The van der Waals surface area contributed by atoms with E-state index >= 15 is 0 Å². The quantitative estimate of drug-likeness (QED) is 0.306. The molecule has 2 aromatic rings. The van der Waals surface area contributed by atoms with Crippen molar-refractivity contribution in [3.05, 3.63) is 52.4 Å². The van der Waals surface area contributed by atoms with Crippen molar-refractivity contribution in [1.82, 2.24) is 11.1 Å². The molecule has 9 heteroatoms. The van der Waals surface area contributed by atoms with Crippen LogP contribution in [0, 0.1) is 0 Å². The average Bonchev–Trinajstić information content (AvgIpc) is 3.02. The van der Waals surface area contributed by atoms with E-state index in [1.807, 2.05) is 30.3 Å². The van der Waals surface area contributed by atoms with E-state index in [-0.39, 0.29) is 28.5 Å². The Morgan fingerprint density at radius 1 is 1.15 bits per heavy atom. The minimum atomic E-state index is -0.236. The molecule has 1 aliphatic carbocycles. The zero-order valence-corrected chi connectivity index (χ0v) is 15.4. The molecule has 26 heavy (non-hydrogen) atoms. The van der Waals surface area contributed by atoms with Gasteiger partial charge in [-0.05, 0) is 43.2 Å². The fourth-order valence-corrected chi connectivity index (χ4v) is 3.01. The summed E-state index contributed by atoms with van der Waals surface area (Å²) >= 11 is 4.25. The van der Waals surface area contributed by atoms with Crippen molar-refractivity contribution < 1.29 is 11.0 Å². The topological polar surface area (TPSA) is 181 Å². The van der Waals surface area contributed by atoms with Crippen molar-refractivity contribution in [3.8, 4) is 0 Å². The molecule has 0 spiro atoms. The SMILES string of the molecule is N.NC(=Nc1ccc(S)cc1)c1c(NC2CCCC2)cc[nH]c1=O.O.O. The maximum Gasteiger partial charge on any atom is 0.261 e. The highest BCUT2D eigenvalue weighted by molar-refractivity contribution is 7.80. The molecule has 1 fully saturated rings. The van der Waals surface area contributed by atoms with Crippen molar-refractivity contribution in [1.29, 1.82) is 0 Å². The summed E-state index contributed by atoms with van der Waals surface area (Å²) in [5, 5.41) is 3.43. The number of hydrogen-bond donors (Lipinski definition) is 5. The van der Waals surface area contributed by atoms with Crippen molar-refractivity contribution in [3.63, 3.8) is 0 Å². The standard InChI is InChI=1S/C17H20N4OS.H3N.2H2O/c18-16(21-12-5-7-13(23)8-6-12)15-14(9-10-19-17(15)22)20-11-3-1-2-4-11;;;/h5-11,23H,1-4H2,(H2,18,21)(H2,19,20,22);1H3;2*1H2. The number of nitrogens with one attached hydrogen (secondary N) is 2. The van der Waals surface area contributed by atoms with Crippen molar-refractivity contribution in [2.24, 2.45) is 10.7 Å². The van der Waals surface area contributed by atoms with Crippen molar-refractivity contribution >= 4 is 29.8 Å². The number of nitrogens with zero attached hydrogens (tertiary/aromatic N) is 1. The second-order valence-corrected chi connectivity index (χ2v) is 6.25. The van der Waals surface area contributed by atoms with Crippen LogP contribution in [0.2, 0.25) is 0 Å². The number of H-pyrrole nitrogens is 1. The Balaban J connectivity index is 0.00000208. The number of rotatable bonds is 4. The summed E-state index contributed by atoms with van der Waals surface area (Å²) in [5.41, 5.74) is 7.71. The third kappa shape index (κ3) is 5.60. The number of hydrogen-bond acceptors (Lipinski definition) is 5. The summed E-state index contributed by atoms with van der Waals surface area (Å²) in [6, 6.07) is 9.54. The molecule has 1 aromatic heterocycles. The Kier molecular flexibility index (Phi) is 9.66. The number of aliphatic imine (C=N–C) groups is 1. The summed E-state index contributed by atoms with van der Waals surface area (Å²) in [7, 11) is 0. The third-order valence-electron chi connectivity index (χ3n) is 4.03. The van der Waals surface area contributed by atoms with Gasteiger partial charge in [0.2, 0.25) is 0 Å². The van der Waals surface area contributed by atoms with Gasteiger partial charge in [0.15, 0.2) is 0 Å². The fraction of sp³-hybridized carbons (Fsp3) is 0.294. The molecule has 144 valence electrons. The lowest BCUT2D eigenvalue weighted by molar-refractivity contribution is 0.754. The van der Waals surface area contributed by atoms with Gasteiger partial charge in [-0.25, -0.2) is 4.99 Å². The average molecular weight is 382 g/mol. The lowest BCUT2D eigenvalue weighted by Crippen LogP contribution is -2.28. The maximum atomic E-state index is 12.2. The molecule has 0 saturated heterocycles. The van der Waals surface area contributed by atoms with Crippen LogP contribution in [0.15, 0.2) is 51.2 Å². The summed E-state index contributed by atoms with van der Waals surface area (Å²) in [6.45, 7) is 0. The minimum absolute atomic E-state index is 0. The molecular formula is C17H27N5O3S. The second-order valence-electron chi connectivity index (χ2n) is 5.73. The summed E-state index contributed by atoms with van der Waals surface area (Å²) in [5.74, 6) is 0.208. The smallest absolute Gasteiger partial charge is 0.261 e. The summed E-state index contributed by atoms with van der Waals surface area (Å²) in [4.78, 5) is 20.1. The number of benzene rings is 1. The van der Waals surface area contributed by atoms with Crippen molar-refractivity contribution in [2.75, 3.05) is 5.32 Å². The van der Waals surface area contributed by atoms with Crippen LogP contribution < -0.4 is 22.8 Å². The van der Waals surface area contributed by atoms with Crippen LogP contribution >= 0.6 is 12.6 Å². The number of aromatic nitrogens is 1. The molecule has 11 N–H and O–H groups in total. The molecule has 0 atom stereocenters. The van der Waals surface area contributed by atoms with Gasteiger partial charge in [0.05, 0.1) is 11.4 Å². The maximum absolute atomic E-state index is 12.2. The molecule has 1 aromatic carbocycles. The predicted octanol–water partition coefficient (Wildman–Crippen LogP) is 1.57. The lowest BCUT2D eigenvalue weighted by atomic mass is 10.1. The van der Waals surface area contributed by atoms with Gasteiger partial charge in [0, 0.05) is 17.1 Å². The zero-order valence-electron chi connectivity index (χ0n) is 14.5. The molecule has 0 aliphatic heterocycles. The van der Waals surface area contributed by atoms with Crippen LogP contribution in [0.25, 0.3) is 0 Å². The number of pyridine rings is 1. The van der Waals surface area contributed by atoms with Crippen LogP contribution in [0.5, 0.6) is 0 Å². The van der Waals surface area contributed by atoms with Gasteiger partial charge < -0.3 is 33.1 Å². The molecule has 0 bridgehead atoms. The van der Waals surface area contributed by atoms with E-state index in [0.29, 0.717) is 17.3 Å². The van der Waals surface area contributed by atoms with Gasteiger partial charge in [0.1, 0.15) is 11.4 Å². The molecule has 8 nitrogen and oxygen atoms in total. The Morgan fingerprint density at radius 3 is 2.38 bits per heavy atom. The van der Waals surface area contributed by atoms with E-state index < -0.39 is 0 Å². The predicted molar refractivity (Wildman–Crippen MR) is 109 cm³/mol. The van der Waals surface area contributed by atoms with E-state index in [4.69, 9.17) is 5.73 Å². The molecule has 0 radical (unpaired) electrons. The van der Waals surface area contributed by atoms with E-state index in [2.05, 4.69) is 27.9 Å². The van der Waals surface area contributed by atoms with Crippen LogP contribution in [0.3, 0.4) is 0 Å². The van der Waals surface area contributed by atoms with Gasteiger partial charge in [-0.15, -0.1) is 12.6 Å². The number of amidine groups is 1. The zero-order chi connectivity index (χ0) is 16.2. The largest absolute Gasteiger partial charge is 0.412 e. The van der Waals surface area contributed by atoms with Gasteiger partial charge >= 0.3 is 0 Å². The normalized spacial score (nSPS) is 14.0. The van der Waals surface area contributed by atoms with Crippen LogP contribution in [0.4, 0.5) is 11.4 Å². The molecule has 3 rings (SSSR count). The number of thiol groups is 1. The van der Waals surface area contributed by atoms with E-state index in [9.17, 15) is 4.79 Å². The van der Waals surface area contributed by atoms with E-state index in [1.54, 1.807) is 6.20 Å². The second kappa shape index (κ2) is 10.6. The molecule has 1 heterocycles. The fourth-order valence-electron chi connectivity index (χ4n) is 2.87. The highest BCUT2D eigenvalue weighted by Gasteiger charge is 2.18. The van der Waals surface area contributed by atoms with E-state index in [1.165, 1.54) is 12.8 Å². The number of anilines is 1. The molecule has 1 aliphatic rings. The van der Waals surface area contributed by atoms with Crippen LogP contribution in [-0.2, 0) is 0 Å². The van der Waals surface area contributed by atoms with Crippen LogP contribution in [-0.4, -0.2) is 27.8 Å². The first-order chi connectivity index (χ1) is 11.1. The minimum Gasteiger partial charge on any atom is -0.412 e. The monoisotopic (exact) mass is 381 g/mol. The third-order valence-corrected chi connectivity index (χ3v) is 4.33. The Hall–Kier alpha value is -2.33. The highest BCUT2D eigenvalue weighted by Crippen LogP contribution is 2.23. The van der Waals surface area contributed by atoms with Gasteiger partial charge in [-0.3, -0.25) is 4.79 Å². The molecule has 0 unspecified atom stereocenters. The van der Waals surface area contributed by atoms with Gasteiger partial charge in [-0.2, -0.15) is 0 Å². The number of nitrogens with two attached hydrogens (primary N) is 1. The van der Waals surface area contributed by atoms with Crippen LogP contribution in [0.1, 0.15) is 31.2 Å². The first kappa shape index (κ1) is 23.7. The Labute approximate surface area is 157 Å². The molecular weight excluding hydrogens is 354 g/mol. The Bertz CT molecular complexity index is 771. The van der Waals surface area contributed by atoms with Gasteiger partial charge in [-0.1, -0.05) is 12.8 Å². The lowest BCUT2D eigenvalue weighted by Gasteiger charge is -2.16. The molecule has 1 saturated carbocycles. The van der Waals surface area contributed by atoms with Crippen molar-refractivity contribution in [2.45, 2.75) is 36.6 Å². The van der Waals surface area contributed by atoms with E-state index in [0.717, 1.165) is 23.4 Å². The first-order valence-electron chi connectivity index (χ1n) is 7.75. The number of aromatic amines is 1. The van der Waals surface area contributed by atoms with Gasteiger partial charge in [0.25, 0.3) is 5.56 Å². The molecule has 0 amide bonds. The Morgan fingerprint density at radius 2 is 1.77 bits per heavy atom.